The molecule has 3 rings (SSSR count). The summed E-state index contributed by atoms with van der Waals surface area (Å²) in [4.78, 5) is 27.6. The number of ether oxygens (including phenoxy) is 1. The Kier molecular flexibility index (Phi) is 4.06. The molecule has 2 heterocycles. The van der Waals surface area contributed by atoms with Gasteiger partial charge in [-0.05, 0) is 38.0 Å². The molecular weight excluding hydrogens is 270 g/mol. The Labute approximate surface area is 125 Å². The van der Waals surface area contributed by atoms with E-state index in [1.54, 1.807) is 23.9 Å². The van der Waals surface area contributed by atoms with E-state index in [-0.39, 0.29) is 24.0 Å². The Balaban J connectivity index is 1.52. The van der Waals surface area contributed by atoms with Crippen LogP contribution in [0.3, 0.4) is 0 Å². The van der Waals surface area contributed by atoms with E-state index in [1.807, 2.05) is 0 Å². The van der Waals surface area contributed by atoms with Crippen molar-refractivity contribution < 1.29 is 14.3 Å². The second kappa shape index (κ2) is 5.83. The third-order valence-corrected chi connectivity index (χ3v) is 4.98. The molecule has 0 bridgehead atoms. The minimum Gasteiger partial charge on any atom is -0.378 e. The Bertz CT molecular complexity index is 424. The van der Waals surface area contributed by atoms with Crippen LogP contribution in [-0.4, -0.2) is 67.2 Å². The summed E-state index contributed by atoms with van der Waals surface area (Å²) in [7, 11) is 3.50. The molecule has 2 saturated heterocycles. The monoisotopic (exact) mass is 295 g/mol. The normalized spacial score (nSPS) is 33.1. The van der Waals surface area contributed by atoms with Gasteiger partial charge in [-0.3, -0.25) is 4.79 Å². The number of hydrogen-bond donors (Lipinski definition) is 1. The van der Waals surface area contributed by atoms with Gasteiger partial charge >= 0.3 is 6.03 Å². The van der Waals surface area contributed by atoms with Gasteiger partial charge in [-0.25, -0.2) is 4.79 Å². The number of nitrogens with zero attached hydrogens (tertiary/aromatic N) is 2. The maximum absolute atomic E-state index is 12.3. The van der Waals surface area contributed by atoms with E-state index in [0.29, 0.717) is 12.0 Å². The Morgan fingerprint density at radius 3 is 2.71 bits per heavy atom. The van der Waals surface area contributed by atoms with Gasteiger partial charge in [-0.1, -0.05) is 0 Å². The average molecular weight is 295 g/mol. The van der Waals surface area contributed by atoms with Crippen LogP contribution in [0.15, 0.2) is 0 Å². The minimum absolute atomic E-state index is 0.0375. The second-order valence-corrected chi connectivity index (χ2v) is 6.59. The highest BCUT2D eigenvalue weighted by atomic mass is 16.5. The number of amides is 3. The molecule has 3 fully saturated rings. The smallest absolute Gasteiger partial charge is 0.318 e. The second-order valence-electron chi connectivity index (χ2n) is 6.59. The summed E-state index contributed by atoms with van der Waals surface area (Å²) in [6.45, 7) is 1.45. The largest absolute Gasteiger partial charge is 0.378 e. The van der Waals surface area contributed by atoms with Crippen molar-refractivity contribution in [2.45, 2.75) is 50.3 Å². The lowest BCUT2D eigenvalue weighted by molar-refractivity contribution is -0.129. The van der Waals surface area contributed by atoms with Crippen LogP contribution in [0.25, 0.3) is 0 Å². The number of carbonyl (C=O) groups excluding carboxylic acids is 2. The first-order valence-electron chi connectivity index (χ1n) is 7.96. The van der Waals surface area contributed by atoms with Crippen molar-refractivity contribution in [3.8, 4) is 0 Å². The predicted octanol–water partition coefficient (Wildman–Crippen LogP) is 0.816. The third-order valence-electron chi connectivity index (χ3n) is 4.98. The van der Waals surface area contributed by atoms with Crippen LogP contribution in [0.1, 0.15) is 32.1 Å². The summed E-state index contributed by atoms with van der Waals surface area (Å²) in [5.74, 6) is 0.739. The molecule has 3 aliphatic rings. The third kappa shape index (κ3) is 3.15. The maximum Gasteiger partial charge on any atom is 0.318 e. The molecule has 0 aromatic heterocycles. The fourth-order valence-electron chi connectivity index (χ4n) is 3.34. The molecule has 118 valence electrons. The molecule has 21 heavy (non-hydrogen) atoms. The van der Waals surface area contributed by atoms with Crippen LogP contribution in [0.5, 0.6) is 0 Å². The number of likely N-dealkylation sites (N-methyl/N-ethyl adjacent to an activating group) is 2. The number of hydrogen-bond acceptors (Lipinski definition) is 3. The summed E-state index contributed by atoms with van der Waals surface area (Å²) in [6, 6.07) is -0.271. The molecule has 3 amide bonds. The van der Waals surface area contributed by atoms with E-state index < -0.39 is 0 Å². The fraction of sp³-hybridized carbons (Fsp3) is 0.867. The van der Waals surface area contributed by atoms with Crippen molar-refractivity contribution in [1.82, 2.24) is 15.1 Å². The van der Waals surface area contributed by atoms with Gasteiger partial charge in [-0.2, -0.15) is 0 Å². The van der Waals surface area contributed by atoms with Gasteiger partial charge < -0.3 is 19.9 Å². The van der Waals surface area contributed by atoms with Crippen molar-refractivity contribution in [2.24, 2.45) is 5.92 Å². The summed E-state index contributed by atoms with van der Waals surface area (Å²) in [5.41, 5.74) is 0. The van der Waals surface area contributed by atoms with Gasteiger partial charge in [0.2, 0.25) is 5.91 Å². The highest BCUT2D eigenvalue weighted by molar-refractivity contribution is 5.88. The quantitative estimate of drug-likeness (QED) is 0.838. The van der Waals surface area contributed by atoms with Gasteiger partial charge in [-0.15, -0.1) is 0 Å². The average Bonchev–Trinajstić information content (AvgIpc) is 3.27. The van der Waals surface area contributed by atoms with Crippen molar-refractivity contribution in [3.63, 3.8) is 0 Å². The number of carbonyl (C=O) groups is 2. The molecule has 6 nitrogen and oxygen atoms in total. The van der Waals surface area contributed by atoms with Gasteiger partial charge in [0.05, 0.1) is 6.10 Å². The van der Waals surface area contributed by atoms with E-state index in [1.165, 1.54) is 12.8 Å². The van der Waals surface area contributed by atoms with Crippen molar-refractivity contribution >= 4 is 11.9 Å². The molecule has 1 saturated carbocycles. The Hall–Kier alpha value is -1.30. The lowest BCUT2D eigenvalue weighted by atomic mass is 10.0. The standard InChI is InChI=1S/C15H25N3O3/c1-17-7-5-12(14(17)19)18(2)15(20)16-11-6-8-21-13(9-11)10-3-4-10/h10-13H,3-9H2,1-2H3,(H,16,20). The van der Waals surface area contributed by atoms with Crippen LogP contribution >= 0.6 is 0 Å². The van der Waals surface area contributed by atoms with E-state index in [9.17, 15) is 9.59 Å². The van der Waals surface area contributed by atoms with Crippen LogP contribution in [0.2, 0.25) is 0 Å². The molecule has 1 aliphatic carbocycles. The number of likely N-dealkylation sites (tertiary alicyclic amines) is 1. The molecule has 0 aromatic rings. The lowest BCUT2D eigenvalue weighted by Crippen LogP contribution is -2.51. The van der Waals surface area contributed by atoms with Gasteiger partial charge in [0.1, 0.15) is 6.04 Å². The molecule has 3 atom stereocenters. The van der Waals surface area contributed by atoms with Crippen LogP contribution in [0.4, 0.5) is 4.79 Å². The van der Waals surface area contributed by atoms with Gasteiger partial charge in [0.25, 0.3) is 0 Å². The topological polar surface area (TPSA) is 61.9 Å². The van der Waals surface area contributed by atoms with E-state index >= 15 is 0 Å². The zero-order valence-electron chi connectivity index (χ0n) is 12.9. The molecule has 6 heteroatoms. The SMILES string of the molecule is CN1CCC(N(C)C(=O)NC2CCOC(C3CC3)C2)C1=O. The fourth-order valence-corrected chi connectivity index (χ4v) is 3.34. The minimum atomic E-state index is -0.311. The first-order chi connectivity index (χ1) is 10.1. The van der Waals surface area contributed by atoms with Crippen LogP contribution in [-0.2, 0) is 9.53 Å². The van der Waals surface area contributed by atoms with E-state index in [0.717, 1.165) is 32.4 Å². The zero-order chi connectivity index (χ0) is 15.0. The molecule has 0 aromatic carbocycles. The highest BCUT2D eigenvalue weighted by Crippen LogP contribution is 2.38. The zero-order valence-corrected chi connectivity index (χ0v) is 12.9. The first kappa shape index (κ1) is 14.6. The Morgan fingerprint density at radius 1 is 1.33 bits per heavy atom. The summed E-state index contributed by atoms with van der Waals surface area (Å²) >= 11 is 0. The number of nitrogens with one attached hydrogen (secondary N) is 1. The summed E-state index contributed by atoms with van der Waals surface area (Å²) < 4.78 is 5.78. The summed E-state index contributed by atoms with van der Waals surface area (Å²) in [5, 5.41) is 3.08. The van der Waals surface area contributed by atoms with Crippen molar-refractivity contribution in [1.29, 1.82) is 0 Å². The van der Waals surface area contributed by atoms with Gasteiger partial charge in [0.15, 0.2) is 0 Å². The van der Waals surface area contributed by atoms with Crippen LogP contribution < -0.4 is 5.32 Å². The van der Waals surface area contributed by atoms with Gasteiger partial charge in [0, 0.05) is 33.3 Å². The lowest BCUT2D eigenvalue weighted by Gasteiger charge is -2.32. The number of urea groups is 1. The van der Waals surface area contributed by atoms with E-state index in [2.05, 4.69) is 5.32 Å². The Morgan fingerprint density at radius 2 is 2.10 bits per heavy atom. The molecule has 1 N–H and O–H groups in total. The molecule has 3 unspecified atom stereocenters. The molecule has 0 spiro atoms. The number of rotatable bonds is 3. The molecule has 0 radical (unpaired) electrons. The molecule has 2 aliphatic heterocycles. The van der Waals surface area contributed by atoms with E-state index in [4.69, 9.17) is 4.74 Å². The maximum atomic E-state index is 12.3. The van der Waals surface area contributed by atoms with Crippen LogP contribution in [0, 0.1) is 5.92 Å². The predicted molar refractivity (Wildman–Crippen MR) is 77.8 cm³/mol. The van der Waals surface area contributed by atoms with Crippen molar-refractivity contribution in [2.75, 3.05) is 27.2 Å². The first-order valence-corrected chi connectivity index (χ1v) is 7.96. The summed E-state index contributed by atoms with van der Waals surface area (Å²) in [6.07, 6.45) is 5.32. The highest BCUT2D eigenvalue weighted by Gasteiger charge is 2.38. The van der Waals surface area contributed by atoms with Crippen molar-refractivity contribution in [3.05, 3.63) is 0 Å². The molecular formula is C15H25N3O3.